The average molecular weight is 448 g/mol. The van der Waals surface area contributed by atoms with Crippen molar-refractivity contribution in [1.29, 1.82) is 0 Å². The number of aliphatic hydroxyl groups is 1. The Hall–Kier alpha value is -1.99. The molecule has 0 unspecified atom stereocenters. The summed E-state index contributed by atoms with van der Waals surface area (Å²) < 4.78 is 19.9. The number of carbonyl (C=O) groups excluding carboxylic acids is 1. The number of amides is 1. The number of hydrogen-bond acceptors (Lipinski definition) is 5. The Kier molecular flexibility index (Phi) is 7.61. The molecule has 0 aromatic carbocycles. The normalized spacial score (nSPS) is 26.8. The van der Waals surface area contributed by atoms with E-state index >= 15 is 0 Å². The minimum absolute atomic E-state index is 0.104. The number of carbonyl (C=O) groups is 1. The molecule has 32 heavy (non-hydrogen) atoms. The molecule has 178 valence electrons. The van der Waals surface area contributed by atoms with Crippen LogP contribution >= 0.6 is 0 Å². The van der Waals surface area contributed by atoms with Gasteiger partial charge in [0.05, 0.1) is 12.1 Å². The molecule has 1 saturated carbocycles. The number of pyridine rings is 1. The van der Waals surface area contributed by atoms with Crippen LogP contribution in [0.1, 0.15) is 77.5 Å². The first-order valence-electron chi connectivity index (χ1n) is 11.6. The van der Waals surface area contributed by atoms with Gasteiger partial charge < -0.3 is 20.5 Å². The SMILES string of the molecule is CC=CC[C@H](NC(C)=O)[C@H](O)CN[C@H]1CC2(CC(F)C2)Oc2ncc(CC(C)(C)C)cc21. The fraction of sp³-hybridized carbons (Fsp3) is 0.680. The Bertz CT molecular complexity index is 830. The molecule has 1 aromatic rings. The summed E-state index contributed by atoms with van der Waals surface area (Å²) in [5, 5.41) is 17.1. The van der Waals surface area contributed by atoms with Crippen LogP contribution in [0.2, 0.25) is 0 Å². The van der Waals surface area contributed by atoms with Crippen molar-refractivity contribution in [3.63, 3.8) is 0 Å². The van der Waals surface area contributed by atoms with Gasteiger partial charge in [0, 0.05) is 50.5 Å². The zero-order valence-corrected chi connectivity index (χ0v) is 20.0. The largest absolute Gasteiger partial charge is 0.471 e. The van der Waals surface area contributed by atoms with Gasteiger partial charge in [0.2, 0.25) is 11.8 Å². The standard InChI is InChI=1S/C25H38FN3O3/c1-6-7-8-20(29-16(2)30)22(31)15-27-21-13-25(11-18(26)12-25)32-23-19(21)9-17(14-28-23)10-24(3,4)5/h6-7,9,14,18,20-22,27,31H,8,10-13,15H2,1-5H3,(H,29,30)/t18?,20-,21-,22+,25?/m0/s1. The number of ether oxygens (including phenoxy) is 1. The second kappa shape index (κ2) is 9.87. The zero-order valence-electron chi connectivity index (χ0n) is 20.0. The van der Waals surface area contributed by atoms with Crippen molar-refractivity contribution in [2.45, 2.75) is 96.7 Å². The van der Waals surface area contributed by atoms with E-state index in [0.717, 1.165) is 17.5 Å². The molecule has 2 heterocycles. The summed E-state index contributed by atoms with van der Waals surface area (Å²) in [4.78, 5) is 16.2. The lowest BCUT2D eigenvalue weighted by Crippen LogP contribution is -2.55. The first kappa shape index (κ1) is 24.6. The number of fused-ring (bicyclic) bond motifs is 1. The number of alkyl halides is 1. The number of halogens is 1. The van der Waals surface area contributed by atoms with Gasteiger partial charge in [0.1, 0.15) is 11.8 Å². The number of rotatable bonds is 8. The van der Waals surface area contributed by atoms with Crippen LogP contribution in [0, 0.1) is 5.41 Å². The van der Waals surface area contributed by atoms with Crippen LogP contribution in [0.15, 0.2) is 24.4 Å². The topological polar surface area (TPSA) is 83.5 Å². The maximum absolute atomic E-state index is 13.8. The van der Waals surface area contributed by atoms with E-state index in [1.807, 2.05) is 25.3 Å². The molecule has 6 nitrogen and oxygen atoms in total. The highest BCUT2D eigenvalue weighted by Gasteiger charge is 2.51. The Morgan fingerprint density at radius 3 is 2.72 bits per heavy atom. The van der Waals surface area contributed by atoms with Crippen molar-refractivity contribution in [2.75, 3.05) is 6.54 Å². The van der Waals surface area contributed by atoms with Gasteiger partial charge in [-0.25, -0.2) is 9.37 Å². The second-order valence-electron chi connectivity index (χ2n) is 10.6. The number of nitrogens with one attached hydrogen (secondary N) is 2. The lowest BCUT2D eigenvalue weighted by Gasteiger charge is -2.49. The third-order valence-electron chi connectivity index (χ3n) is 6.17. The van der Waals surface area contributed by atoms with Crippen LogP contribution in [0.25, 0.3) is 0 Å². The third-order valence-corrected chi connectivity index (χ3v) is 6.17. The summed E-state index contributed by atoms with van der Waals surface area (Å²) in [7, 11) is 0. The molecule has 0 saturated heterocycles. The van der Waals surface area contributed by atoms with E-state index in [-0.39, 0.29) is 23.4 Å². The Balaban J connectivity index is 1.77. The van der Waals surface area contributed by atoms with Crippen molar-refractivity contribution < 1.29 is 19.0 Å². The van der Waals surface area contributed by atoms with Crippen LogP contribution in [0.4, 0.5) is 4.39 Å². The summed E-state index contributed by atoms with van der Waals surface area (Å²) in [5.41, 5.74) is 1.68. The molecule has 0 radical (unpaired) electrons. The molecular weight excluding hydrogens is 409 g/mol. The fourth-order valence-electron chi connectivity index (χ4n) is 4.73. The molecule has 1 spiro atoms. The second-order valence-corrected chi connectivity index (χ2v) is 10.6. The highest BCUT2D eigenvalue weighted by atomic mass is 19.1. The van der Waals surface area contributed by atoms with Crippen LogP contribution in [0.5, 0.6) is 5.88 Å². The molecule has 7 heteroatoms. The van der Waals surface area contributed by atoms with Crippen molar-refractivity contribution in [2.24, 2.45) is 5.41 Å². The van der Waals surface area contributed by atoms with Gasteiger partial charge in [-0.2, -0.15) is 0 Å². The van der Waals surface area contributed by atoms with Crippen molar-refractivity contribution in [3.8, 4) is 5.88 Å². The van der Waals surface area contributed by atoms with E-state index in [9.17, 15) is 14.3 Å². The van der Waals surface area contributed by atoms with Crippen molar-refractivity contribution in [3.05, 3.63) is 35.5 Å². The molecule has 1 aliphatic carbocycles. The molecule has 1 amide bonds. The predicted octanol–water partition coefficient (Wildman–Crippen LogP) is 3.79. The van der Waals surface area contributed by atoms with Crippen LogP contribution in [-0.4, -0.2) is 46.5 Å². The van der Waals surface area contributed by atoms with Gasteiger partial charge in [-0.1, -0.05) is 32.9 Å². The summed E-state index contributed by atoms with van der Waals surface area (Å²) in [6, 6.07) is 1.64. The number of allylic oxidation sites excluding steroid dienone is 1. The molecule has 0 bridgehead atoms. The van der Waals surface area contributed by atoms with E-state index in [1.54, 1.807) is 0 Å². The van der Waals surface area contributed by atoms with Gasteiger partial charge in [-0.3, -0.25) is 4.79 Å². The number of hydrogen-bond donors (Lipinski definition) is 3. The minimum Gasteiger partial charge on any atom is -0.471 e. The monoisotopic (exact) mass is 447 g/mol. The smallest absolute Gasteiger partial charge is 0.218 e. The Morgan fingerprint density at radius 2 is 2.12 bits per heavy atom. The molecule has 3 N–H and O–H groups in total. The van der Waals surface area contributed by atoms with E-state index in [1.165, 1.54) is 6.92 Å². The number of aromatic nitrogens is 1. The third kappa shape index (κ3) is 6.29. The van der Waals surface area contributed by atoms with Gasteiger partial charge in [-0.05, 0) is 36.8 Å². The molecule has 3 atom stereocenters. The summed E-state index contributed by atoms with van der Waals surface area (Å²) >= 11 is 0. The zero-order chi connectivity index (χ0) is 23.5. The summed E-state index contributed by atoms with van der Waals surface area (Å²) in [5.74, 6) is 0.383. The Morgan fingerprint density at radius 1 is 1.41 bits per heavy atom. The lowest BCUT2D eigenvalue weighted by atomic mass is 9.72. The number of aliphatic hydroxyl groups excluding tert-OH is 1. The van der Waals surface area contributed by atoms with Gasteiger partial charge in [-0.15, -0.1) is 0 Å². The highest BCUT2D eigenvalue weighted by molar-refractivity contribution is 5.73. The molecule has 3 rings (SSSR count). The van der Waals surface area contributed by atoms with Crippen molar-refractivity contribution >= 4 is 5.91 Å². The predicted molar refractivity (Wildman–Crippen MR) is 123 cm³/mol. The molecule has 2 aliphatic rings. The van der Waals surface area contributed by atoms with E-state index in [4.69, 9.17) is 4.74 Å². The quantitative estimate of drug-likeness (QED) is 0.528. The maximum Gasteiger partial charge on any atom is 0.218 e. The van der Waals surface area contributed by atoms with E-state index < -0.39 is 17.9 Å². The van der Waals surface area contributed by atoms with Gasteiger partial charge in [0.25, 0.3) is 0 Å². The minimum atomic E-state index is -0.840. The molecule has 1 fully saturated rings. The first-order valence-corrected chi connectivity index (χ1v) is 11.6. The van der Waals surface area contributed by atoms with Crippen molar-refractivity contribution in [1.82, 2.24) is 15.6 Å². The summed E-state index contributed by atoms with van der Waals surface area (Å²) in [6.07, 6.45) is 6.88. The van der Waals surface area contributed by atoms with E-state index in [2.05, 4.69) is 42.5 Å². The molecule has 1 aliphatic heterocycles. The number of nitrogens with zero attached hydrogens (tertiary/aromatic N) is 1. The maximum atomic E-state index is 13.8. The van der Waals surface area contributed by atoms with Crippen LogP contribution in [0.3, 0.4) is 0 Å². The highest BCUT2D eigenvalue weighted by Crippen LogP contribution is 2.49. The van der Waals surface area contributed by atoms with Crippen LogP contribution < -0.4 is 15.4 Å². The fourth-order valence-corrected chi connectivity index (χ4v) is 4.73. The lowest BCUT2D eigenvalue weighted by molar-refractivity contribution is -0.120. The summed E-state index contributed by atoms with van der Waals surface area (Å²) in [6.45, 7) is 10.2. The Labute approximate surface area is 191 Å². The van der Waals surface area contributed by atoms with E-state index in [0.29, 0.717) is 38.1 Å². The molecular formula is C25H38FN3O3. The van der Waals surface area contributed by atoms with Gasteiger partial charge in [0.15, 0.2) is 0 Å². The average Bonchev–Trinajstić information content (AvgIpc) is 2.67. The molecule has 1 aromatic heterocycles. The van der Waals surface area contributed by atoms with Crippen LogP contribution in [-0.2, 0) is 11.2 Å². The van der Waals surface area contributed by atoms with Gasteiger partial charge >= 0.3 is 0 Å². The first-order chi connectivity index (χ1) is 15.0.